The molecular formula is C16H14N2OS2. The quantitative estimate of drug-likeness (QED) is 0.694. The average Bonchev–Trinajstić information content (AvgIpc) is 3.13. The van der Waals surface area contributed by atoms with Crippen LogP contribution in [0.3, 0.4) is 0 Å². The molecule has 3 aromatic rings. The van der Waals surface area contributed by atoms with Crippen molar-refractivity contribution in [2.45, 2.75) is 29.9 Å². The van der Waals surface area contributed by atoms with Crippen LogP contribution in [0.4, 0.5) is 0 Å². The predicted octanol–water partition coefficient (Wildman–Crippen LogP) is 3.54. The van der Waals surface area contributed by atoms with E-state index in [9.17, 15) is 4.79 Å². The Hall–Kier alpha value is -1.59. The van der Waals surface area contributed by atoms with E-state index in [1.54, 1.807) is 28.4 Å². The van der Waals surface area contributed by atoms with Crippen LogP contribution in [0, 0.1) is 0 Å². The first-order chi connectivity index (χ1) is 10.3. The van der Waals surface area contributed by atoms with Gasteiger partial charge < -0.3 is 0 Å². The number of thiazole rings is 1. The summed E-state index contributed by atoms with van der Waals surface area (Å²) in [6, 6.07) is 8.37. The Morgan fingerprint density at radius 3 is 3.10 bits per heavy atom. The predicted molar refractivity (Wildman–Crippen MR) is 87.4 cm³/mol. The Morgan fingerprint density at radius 2 is 2.14 bits per heavy atom. The Labute approximate surface area is 130 Å². The lowest BCUT2D eigenvalue weighted by atomic mass is 10.1. The standard InChI is InChI=1S/C16H14N2OS2/c19-15-9-13(17-16-18(15)6-7-20-16)10-21-14-5-4-11-2-1-3-12(11)8-14/h4-9H,1-3,10H2. The van der Waals surface area contributed by atoms with Crippen molar-refractivity contribution in [2.75, 3.05) is 0 Å². The fraction of sp³-hybridized carbons (Fsp3) is 0.250. The van der Waals surface area contributed by atoms with Crippen LogP contribution in [0.5, 0.6) is 0 Å². The van der Waals surface area contributed by atoms with Crippen molar-refractivity contribution in [1.82, 2.24) is 9.38 Å². The van der Waals surface area contributed by atoms with Crippen molar-refractivity contribution in [3.05, 3.63) is 63.0 Å². The molecule has 1 aromatic carbocycles. The SMILES string of the molecule is O=c1cc(CSc2ccc3c(c2)CCC3)nc2sccn12. The molecule has 0 aliphatic heterocycles. The Morgan fingerprint density at radius 1 is 1.24 bits per heavy atom. The van der Waals surface area contributed by atoms with Gasteiger partial charge in [0.1, 0.15) is 0 Å². The van der Waals surface area contributed by atoms with Gasteiger partial charge in [-0.1, -0.05) is 6.07 Å². The van der Waals surface area contributed by atoms with Crippen molar-refractivity contribution in [2.24, 2.45) is 0 Å². The molecule has 0 N–H and O–H groups in total. The molecule has 0 amide bonds. The first kappa shape index (κ1) is 13.1. The molecule has 0 spiro atoms. The minimum atomic E-state index is 0.00537. The summed E-state index contributed by atoms with van der Waals surface area (Å²) in [5.41, 5.74) is 3.84. The zero-order chi connectivity index (χ0) is 14.2. The molecule has 21 heavy (non-hydrogen) atoms. The Kier molecular flexibility index (Phi) is 3.31. The summed E-state index contributed by atoms with van der Waals surface area (Å²) in [6.45, 7) is 0. The number of nitrogens with zero attached hydrogens (tertiary/aromatic N) is 2. The minimum Gasteiger partial charge on any atom is -0.269 e. The van der Waals surface area contributed by atoms with Gasteiger partial charge >= 0.3 is 0 Å². The zero-order valence-electron chi connectivity index (χ0n) is 11.4. The highest BCUT2D eigenvalue weighted by atomic mass is 32.2. The number of aryl methyl sites for hydroxylation is 2. The third-order valence-corrected chi connectivity index (χ3v) is 5.60. The summed E-state index contributed by atoms with van der Waals surface area (Å²) < 4.78 is 1.59. The number of benzene rings is 1. The Bertz CT molecular complexity index is 866. The maximum Gasteiger partial charge on any atom is 0.258 e. The third kappa shape index (κ3) is 2.51. The van der Waals surface area contributed by atoms with Crippen LogP contribution in [0.15, 0.2) is 45.5 Å². The van der Waals surface area contributed by atoms with Gasteiger partial charge in [-0.05, 0) is 42.5 Å². The lowest BCUT2D eigenvalue weighted by Gasteiger charge is -2.05. The molecule has 0 radical (unpaired) electrons. The summed E-state index contributed by atoms with van der Waals surface area (Å²) >= 11 is 3.25. The molecule has 1 aliphatic rings. The molecule has 4 rings (SSSR count). The van der Waals surface area contributed by atoms with Crippen molar-refractivity contribution in [1.29, 1.82) is 0 Å². The number of rotatable bonds is 3. The van der Waals surface area contributed by atoms with Crippen LogP contribution in [0.1, 0.15) is 23.2 Å². The zero-order valence-corrected chi connectivity index (χ0v) is 13.0. The molecule has 106 valence electrons. The van der Waals surface area contributed by atoms with Gasteiger partial charge in [-0.2, -0.15) is 0 Å². The monoisotopic (exact) mass is 314 g/mol. The van der Waals surface area contributed by atoms with E-state index in [2.05, 4.69) is 23.2 Å². The molecule has 3 nitrogen and oxygen atoms in total. The lowest BCUT2D eigenvalue weighted by molar-refractivity contribution is 0.911. The highest BCUT2D eigenvalue weighted by molar-refractivity contribution is 7.98. The maximum atomic E-state index is 11.9. The summed E-state index contributed by atoms with van der Waals surface area (Å²) in [4.78, 5) is 18.5. The van der Waals surface area contributed by atoms with E-state index in [0.717, 1.165) is 16.4 Å². The second-order valence-electron chi connectivity index (χ2n) is 5.21. The summed E-state index contributed by atoms with van der Waals surface area (Å²) in [6.07, 6.45) is 5.46. The number of thioether (sulfide) groups is 1. The molecule has 2 heterocycles. The summed E-state index contributed by atoms with van der Waals surface area (Å²) in [7, 11) is 0. The van der Waals surface area contributed by atoms with Gasteiger partial charge in [0.2, 0.25) is 0 Å². The van der Waals surface area contributed by atoms with E-state index >= 15 is 0 Å². The van der Waals surface area contributed by atoms with Crippen molar-refractivity contribution in [3.8, 4) is 0 Å². The van der Waals surface area contributed by atoms with E-state index in [4.69, 9.17) is 0 Å². The smallest absolute Gasteiger partial charge is 0.258 e. The number of hydrogen-bond acceptors (Lipinski definition) is 4. The first-order valence-corrected chi connectivity index (χ1v) is 8.86. The fourth-order valence-corrected chi connectivity index (χ4v) is 4.35. The van der Waals surface area contributed by atoms with E-state index in [-0.39, 0.29) is 5.56 Å². The molecule has 2 aromatic heterocycles. The molecule has 1 aliphatic carbocycles. The number of aromatic nitrogens is 2. The second kappa shape index (κ2) is 5.31. The van der Waals surface area contributed by atoms with Crippen molar-refractivity contribution in [3.63, 3.8) is 0 Å². The van der Waals surface area contributed by atoms with Gasteiger partial charge in [-0.3, -0.25) is 9.20 Å². The third-order valence-electron chi connectivity index (χ3n) is 3.81. The molecule has 0 unspecified atom stereocenters. The molecule has 0 fully saturated rings. The van der Waals surface area contributed by atoms with Gasteiger partial charge in [0.15, 0.2) is 4.96 Å². The van der Waals surface area contributed by atoms with Crippen LogP contribution in [0.2, 0.25) is 0 Å². The van der Waals surface area contributed by atoms with Gasteiger partial charge in [-0.15, -0.1) is 23.1 Å². The molecule has 0 saturated heterocycles. The van der Waals surface area contributed by atoms with E-state index in [1.807, 2.05) is 5.38 Å². The molecule has 5 heteroatoms. The summed E-state index contributed by atoms with van der Waals surface area (Å²) in [5.74, 6) is 0.739. The van der Waals surface area contributed by atoms with Gasteiger partial charge in [0, 0.05) is 28.3 Å². The Balaban J connectivity index is 1.56. The topological polar surface area (TPSA) is 34.4 Å². The average molecular weight is 314 g/mol. The number of fused-ring (bicyclic) bond motifs is 2. The van der Waals surface area contributed by atoms with Crippen LogP contribution in [-0.2, 0) is 18.6 Å². The van der Waals surface area contributed by atoms with Gasteiger partial charge in [0.25, 0.3) is 5.56 Å². The van der Waals surface area contributed by atoms with Gasteiger partial charge in [0.05, 0.1) is 5.69 Å². The summed E-state index contributed by atoms with van der Waals surface area (Å²) in [5, 5.41) is 1.89. The maximum absolute atomic E-state index is 11.9. The van der Waals surface area contributed by atoms with E-state index < -0.39 is 0 Å². The van der Waals surface area contributed by atoms with E-state index in [1.165, 1.54) is 46.6 Å². The van der Waals surface area contributed by atoms with Crippen molar-refractivity contribution >= 4 is 28.1 Å². The molecule has 0 saturated carbocycles. The first-order valence-electron chi connectivity index (χ1n) is 7.00. The van der Waals surface area contributed by atoms with Crippen LogP contribution in [0.25, 0.3) is 4.96 Å². The van der Waals surface area contributed by atoms with Crippen LogP contribution < -0.4 is 5.56 Å². The van der Waals surface area contributed by atoms with Crippen LogP contribution >= 0.6 is 23.1 Å². The van der Waals surface area contributed by atoms with Crippen LogP contribution in [-0.4, -0.2) is 9.38 Å². The fourth-order valence-electron chi connectivity index (χ4n) is 2.76. The minimum absolute atomic E-state index is 0.00537. The number of hydrogen-bond donors (Lipinski definition) is 0. The molecule has 0 bridgehead atoms. The molecule has 0 atom stereocenters. The highest BCUT2D eigenvalue weighted by Gasteiger charge is 2.11. The largest absolute Gasteiger partial charge is 0.269 e. The lowest BCUT2D eigenvalue weighted by Crippen LogP contribution is -2.12. The normalized spacial score (nSPS) is 13.7. The molecular weight excluding hydrogens is 300 g/mol. The van der Waals surface area contributed by atoms with Crippen molar-refractivity contribution < 1.29 is 0 Å². The second-order valence-corrected chi connectivity index (χ2v) is 7.14. The van der Waals surface area contributed by atoms with Gasteiger partial charge in [-0.25, -0.2) is 4.98 Å². The highest BCUT2D eigenvalue weighted by Crippen LogP contribution is 2.29. The van der Waals surface area contributed by atoms with E-state index in [0.29, 0.717) is 0 Å².